The van der Waals surface area contributed by atoms with Crippen molar-refractivity contribution in [1.82, 2.24) is 14.9 Å². The minimum atomic E-state index is -4.02. The van der Waals surface area contributed by atoms with E-state index in [0.29, 0.717) is 37.2 Å². The summed E-state index contributed by atoms with van der Waals surface area (Å²) in [6, 6.07) is 16.7. The Labute approximate surface area is 201 Å². The third kappa shape index (κ3) is 4.52. The monoisotopic (exact) mass is 492 g/mol. The molecule has 0 bridgehead atoms. The van der Waals surface area contributed by atoms with Gasteiger partial charge in [-0.3, -0.25) is 9.52 Å². The number of hydrogen-bond donors (Lipinski definition) is 3. The van der Waals surface area contributed by atoms with Crippen LogP contribution in [0.3, 0.4) is 0 Å². The first kappa shape index (κ1) is 22.7. The quantitative estimate of drug-likeness (QED) is 0.381. The van der Waals surface area contributed by atoms with Crippen molar-refractivity contribution in [2.24, 2.45) is 0 Å². The molecule has 0 radical (unpaired) electrons. The van der Waals surface area contributed by atoms with E-state index in [4.69, 9.17) is 4.74 Å². The fraction of sp³-hybridized carbons (Fsp3) is 0.200. The van der Waals surface area contributed by atoms with E-state index in [1.807, 2.05) is 25.1 Å². The molecule has 1 aliphatic heterocycles. The standard InChI is InChI=1S/C25H24N4O5S/c1-2-34-18-8-7-16-11-12-29(15-17(16)13-18)24(30)20-5-3-4-6-21(20)28-35(32,33)19-9-10-22-23(14-19)27-25(31)26-22/h3-10,13-14,28H,2,11-12,15H2,1H3,(H2,26,27,31). The molecule has 5 rings (SSSR count). The molecule has 1 amide bonds. The van der Waals surface area contributed by atoms with Gasteiger partial charge < -0.3 is 19.6 Å². The molecule has 0 atom stereocenters. The maximum absolute atomic E-state index is 13.5. The van der Waals surface area contributed by atoms with Crippen molar-refractivity contribution in [3.63, 3.8) is 0 Å². The molecule has 3 aromatic carbocycles. The van der Waals surface area contributed by atoms with Gasteiger partial charge in [0.05, 0.1) is 33.8 Å². The first-order valence-corrected chi connectivity index (χ1v) is 12.7. The summed E-state index contributed by atoms with van der Waals surface area (Å²) in [6.07, 6.45) is 0.705. The number of anilines is 1. The maximum Gasteiger partial charge on any atom is 0.323 e. The molecule has 3 N–H and O–H groups in total. The van der Waals surface area contributed by atoms with Gasteiger partial charge in [-0.2, -0.15) is 0 Å². The minimum absolute atomic E-state index is 0.0298. The molecule has 1 aromatic heterocycles. The first-order valence-electron chi connectivity index (χ1n) is 11.2. The van der Waals surface area contributed by atoms with E-state index in [9.17, 15) is 18.0 Å². The number of sulfonamides is 1. The molecule has 0 spiro atoms. The summed E-state index contributed by atoms with van der Waals surface area (Å²) in [4.78, 5) is 31.8. The lowest BCUT2D eigenvalue weighted by Gasteiger charge is -2.30. The Morgan fingerprint density at radius 3 is 2.66 bits per heavy atom. The van der Waals surface area contributed by atoms with Crippen molar-refractivity contribution in [3.8, 4) is 5.75 Å². The van der Waals surface area contributed by atoms with Crippen LogP contribution >= 0.6 is 0 Å². The van der Waals surface area contributed by atoms with Crippen LogP contribution < -0.4 is 15.1 Å². The number of H-pyrrole nitrogens is 2. The van der Waals surface area contributed by atoms with Crippen LogP contribution in [-0.4, -0.2) is 42.3 Å². The SMILES string of the molecule is CCOc1ccc2c(c1)CN(C(=O)c1ccccc1NS(=O)(=O)c1ccc3[nH]c(=O)[nH]c3c1)CC2. The zero-order valence-corrected chi connectivity index (χ0v) is 19.8. The lowest BCUT2D eigenvalue weighted by molar-refractivity contribution is 0.0735. The number of amides is 1. The summed E-state index contributed by atoms with van der Waals surface area (Å²) in [6.45, 7) is 3.41. The summed E-state index contributed by atoms with van der Waals surface area (Å²) in [5.41, 5.74) is 3.09. The van der Waals surface area contributed by atoms with Gasteiger partial charge in [0.1, 0.15) is 5.75 Å². The Morgan fingerprint density at radius 2 is 1.83 bits per heavy atom. The smallest absolute Gasteiger partial charge is 0.323 e. The van der Waals surface area contributed by atoms with Gasteiger partial charge in [-0.1, -0.05) is 18.2 Å². The topological polar surface area (TPSA) is 124 Å². The average Bonchev–Trinajstić information content (AvgIpc) is 3.23. The molecule has 4 aromatic rings. The molecule has 0 saturated carbocycles. The highest BCUT2D eigenvalue weighted by Crippen LogP contribution is 2.28. The van der Waals surface area contributed by atoms with Crippen LogP contribution in [0.25, 0.3) is 11.0 Å². The molecule has 2 heterocycles. The second-order valence-corrected chi connectivity index (χ2v) is 9.96. The molecule has 0 aliphatic carbocycles. The molecular formula is C25H24N4O5S. The van der Waals surface area contributed by atoms with Crippen molar-refractivity contribution < 1.29 is 17.9 Å². The summed E-state index contributed by atoms with van der Waals surface area (Å²) in [5.74, 6) is 0.496. The Bertz CT molecular complexity index is 1590. The number of hydrogen-bond acceptors (Lipinski definition) is 5. The van der Waals surface area contributed by atoms with Gasteiger partial charge in [0.2, 0.25) is 0 Å². The molecule has 9 nitrogen and oxygen atoms in total. The fourth-order valence-electron chi connectivity index (χ4n) is 4.27. The number of nitrogens with one attached hydrogen (secondary N) is 3. The third-order valence-corrected chi connectivity index (χ3v) is 7.35. The van der Waals surface area contributed by atoms with Crippen molar-refractivity contribution in [1.29, 1.82) is 0 Å². The molecule has 0 unspecified atom stereocenters. The van der Waals surface area contributed by atoms with Crippen LogP contribution in [-0.2, 0) is 23.0 Å². The highest BCUT2D eigenvalue weighted by molar-refractivity contribution is 7.92. The van der Waals surface area contributed by atoms with Gasteiger partial charge in [0.15, 0.2) is 0 Å². The Balaban J connectivity index is 1.41. The van der Waals surface area contributed by atoms with E-state index >= 15 is 0 Å². The highest BCUT2D eigenvalue weighted by atomic mass is 32.2. The van der Waals surface area contributed by atoms with Gasteiger partial charge in [-0.05, 0) is 66.9 Å². The number of para-hydroxylation sites is 1. The van der Waals surface area contributed by atoms with E-state index in [1.54, 1.807) is 29.2 Å². The van der Waals surface area contributed by atoms with E-state index < -0.39 is 15.7 Å². The number of rotatable bonds is 6. The number of imidazole rings is 1. The number of benzene rings is 3. The molecule has 10 heteroatoms. The van der Waals surface area contributed by atoms with Gasteiger partial charge in [-0.15, -0.1) is 0 Å². The zero-order valence-electron chi connectivity index (χ0n) is 19.0. The average molecular weight is 493 g/mol. The Kier molecular flexibility index (Phi) is 5.81. The van der Waals surface area contributed by atoms with Crippen LogP contribution in [0.15, 0.2) is 70.4 Å². The summed E-state index contributed by atoms with van der Waals surface area (Å²) < 4.78 is 34.4. The number of nitrogens with zero attached hydrogens (tertiary/aromatic N) is 1. The number of carbonyl (C=O) groups excluding carboxylic acids is 1. The molecule has 1 aliphatic rings. The predicted molar refractivity (Wildman–Crippen MR) is 132 cm³/mol. The van der Waals surface area contributed by atoms with Gasteiger partial charge >= 0.3 is 5.69 Å². The lowest BCUT2D eigenvalue weighted by atomic mass is 9.98. The van der Waals surface area contributed by atoms with E-state index in [-0.39, 0.29) is 22.1 Å². The molecule has 0 saturated heterocycles. The van der Waals surface area contributed by atoms with Gasteiger partial charge in [-0.25, -0.2) is 13.2 Å². The van der Waals surface area contributed by atoms with Crippen molar-refractivity contribution in [2.45, 2.75) is 24.8 Å². The predicted octanol–water partition coefficient (Wildman–Crippen LogP) is 3.25. The third-order valence-electron chi connectivity index (χ3n) is 5.99. The molecule has 180 valence electrons. The molecular weight excluding hydrogens is 468 g/mol. The number of fused-ring (bicyclic) bond motifs is 2. The molecule has 0 fully saturated rings. The van der Waals surface area contributed by atoms with Crippen LogP contribution in [0.5, 0.6) is 5.75 Å². The zero-order chi connectivity index (χ0) is 24.6. The van der Waals surface area contributed by atoms with E-state index in [0.717, 1.165) is 11.3 Å². The lowest BCUT2D eigenvalue weighted by Crippen LogP contribution is -2.36. The fourth-order valence-corrected chi connectivity index (χ4v) is 5.38. The van der Waals surface area contributed by atoms with E-state index in [1.165, 1.54) is 23.8 Å². The van der Waals surface area contributed by atoms with Gasteiger partial charge in [0, 0.05) is 13.1 Å². The second-order valence-electron chi connectivity index (χ2n) is 8.28. The molecule has 35 heavy (non-hydrogen) atoms. The van der Waals surface area contributed by atoms with Crippen LogP contribution in [0.1, 0.15) is 28.4 Å². The van der Waals surface area contributed by atoms with Gasteiger partial charge in [0.25, 0.3) is 15.9 Å². The number of ether oxygens (including phenoxy) is 1. The Hall–Kier alpha value is -4.05. The van der Waals surface area contributed by atoms with E-state index in [2.05, 4.69) is 14.7 Å². The Morgan fingerprint density at radius 1 is 1.03 bits per heavy atom. The summed E-state index contributed by atoms with van der Waals surface area (Å²) in [5, 5.41) is 0. The summed E-state index contributed by atoms with van der Waals surface area (Å²) >= 11 is 0. The van der Waals surface area contributed by atoms with Crippen molar-refractivity contribution >= 4 is 32.7 Å². The van der Waals surface area contributed by atoms with Crippen molar-refractivity contribution in [2.75, 3.05) is 17.9 Å². The number of carbonyl (C=O) groups is 1. The second kappa shape index (κ2) is 8.95. The number of aromatic amines is 2. The van der Waals surface area contributed by atoms with Crippen LogP contribution in [0, 0.1) is 0 Å². The van der Waals surface area contributed by atoms with Crippen molar-refractivity contribution in [3.05, 3.63) is 87.8 Å². The largest absolute Gasteiger partial charge is 0.494 e. The van der Waals surface area contributed by atoms with Crippen LogP contribution in [0.2, 0.25) is 0 Å². The maximum atomic E-state index is 13.5. The van der Waals surface area contributed by atoms with Crippen LogP contribution in [0.4, 0.5) is 5.69 Å². The first-order chi connectivity index (χ1) is 16.8. The summed E-state index contributed by atoms with van der Waals surface area (Å²) in [7, 11) is -4.02. The number of aromatic nitrogens is 2. The highest BCUT2D eigenvalue weighted by Gasteiger charge is 2.25. The minimum Gasteiger partial charge on any atom is -0.494 e. The normalized spacial score (nSPS) is 13.5.